The Labute approximate surface area is 131 Å². The molecule has 0 fully saturated rings. The number of ether oxygens (including phenoxy) is 1. The van der Waals surface area contributed by atoms with Gasteiger partial charge in [0, 0.05) is 23.0 Å². The molecule has 0 bridgehead atoms. The number of rotatable bonds is 7. The Kier molecular flexibility index (Phi) is 5.96. The topological polar surface area (TPSA) is 21.3 Å². The van der Waals surface area contributed by atoms with Crippen LogP contribution in [0.1, 0.15) is 23.4 Å². The van der Waals surface area contributed by atoms with E-state index >= 15 is 0 Å². The fourth-order valence-electron chi connectivity index (χ4n) is 2.05. The monoisotopic (exact) mass is 331 g/mol. The van der Waals surface area contributed by atoms with Crippen LogP contribution in [0.3, 0.4) is 0 Å². The molecule has 0 radical (unpaired) electrons. The Balaban J connectivity index is 1.92. The molecule has 1 heterocycles. The molecule has 1 aromatic carbocycles. The summed E-state index contributed by atoms with van der Waals surface area (Å²) >= 11 is 7.43. The number of halogens is 3. The first kappa shape index (κ1) is 16.2. The summed E-state index contributed by atoms with van der Waals surface area (Å²) in [7, 11) is 0. The van der Waals surface area contributed by atoms with E-state index in [1.165, 1.54) is 4.88 Å². The standard InChI is InChI=1S/C15H16ClF2NOS/c1-10(19-9-8-11-6-7-14(16)21-11)12-4-2-3-5-13(12)20-15(17)18/h2-7,10,15,19H,8-9H2,1H3. The quantitative estimate of drug-likeness (QED) is 0.779. The molecule has 1 N–H and O–H groups in total. The van der Waals surface area contributed by atoms with Gasteiger partial charge in [0.25, 0.3) is 0 Å². The molecular formula is C15H16ClF2NOS. The average Bonchev–Trinajstić information content (AvgIpc) is 2.84. The summed E-state index contributed by atoms with van der Waals surface area (Å²) in [6.07, 6.45) is 0.847. The van der Waals surface area contributed by atoms with Gasteiger partial charge < -0.3 is 10.1 Å². The van der Waals surface area contributed by atoms with Crippen molar-refractivity contribution in [2.24, 2.45) is 0 Å². The molecule has 0 aliphatic heterocycles. The molecule has 0 saturated carbocycles. The highest BCUT2D eigenvalue weighted by molar-refractivity contribution is 7.16. The molecule has 6 heteroatoms. The first-order chi connectivity index (χ1) is 10.1. The van der Waals surface area contributed by atoms with Crippen molar-refractivity contribution in [1.29, 1.82) is 0 Å². The third-order valence-corrected chi connectivity index (χ3v) is 4.34. The van der Waals surface area contributed by atoms with Crippen LogP contribution in [-0.4, -0.2) is 13.2 Å². The normalized spacial score (nSPS) is 12.6. The van der Waals surface area contributed by atoms with Gasteiger partial charge in [0.15, 0.2) is 0 Å². The Morgan fingerprint density at radius 2 is 2.00 bits per heavy atom. The van der Waals surface area contributed by atoms with E-state index in [0.717, 1.165) is 22.9 Å². The van der Waals surface area contributed by atoms with Gasteiger partial charge in [-0.25, -0.2) is 0 Å². The maximum Gasteiger partial charge on any atom is 0.387 e. The minimum Gasteiger partial charge on any atom is -0.434 e. The SMILES string of the molecule is CC(NCCc1ccc(Cl)s1)c1ccccc1OC(F)F. The van der Waals surface area contributed by atoms with E-state index in [4.69, 9.17) is 11.6 Å². The number of alkyl halides is 2. The zero-order valence-corrected chi connectivity index (χ0v) is 13.1. The number of hydrogen-bond donors (Lipinski definition) is 1. The lowest BCUT2D eigenvalue weighted by molar-refractivity contribution is -0.0506. The van der Waals surface area contributed by atoms with E-state index in [9.17, 15) is 8.78 Å². The Bertz CT molecular complexity index is 576. The van der Waals surface area contributed by atoms with Crippen LogP contribution < -0.4 is 10.1 Å². The van der Waals surface area contributed by atoms with E-state index in [2.05, 4.69) is 10.1 Å². The van der Waals surface area contributed by atoms with Crippen LogP contribution >= 0.6 is 22.9 Å². The minimum absolute atomic E-state index is 0.0737. The molecule has 0 aliphatic carbocycles. The lowest BCUT2D eigenvalue weighted by Crippen LogP contribution is -2.22. The van der Waals surface area contributed by atoms with E-state index in [-0.39, 0.29) is 11.8 Å². The first-order valence-corrected chi connectivity index (χ1v) is 7.77. The first-order valence-electron chi connectivity index (χ1n) is 6.57. The van der Waals surface area contributed by atoms with Gasteiger partial charge >= 0.3 is 6.61 Å². The van der Waals surface area contributed by atoms with Crippen molar-refractivity contribution in [1.82, 2.24) is 5.32 Å². The molecule has 1 atom stereocenters. The van der Waals surface area contributed by atoms with Crippen LogP contribution in [0.4, 0.5) is 8.78 Å². The molecule has 1 aromatic heterocycles. The lowest BCUT2D eigenvalue weighted by atomic mass is 10.1. The van der Waals surface area contributed by atoms with Crippen LogP contribution in [0.15, 0.2) is 36.4 Å². The van der Waals surface area contributed by atoms with Gasteiger partial charge in [-0.15, -0.1) is 11.3 Å². The van der Waals surface area contributed by atoms with Gasteiger partial charge in [-0.2, -0.15) is 8.78 Å². The van der Waals surface area contributed by atoms with Crippen molar-refractivity contribution in [3.8, 4) is 5.75 Å². The van der Waals surface area contributed by atoms with Gasteiger partial charge in [-0.05, 0) is 31.5 Å². The molecule has 0 aliphatic rings. The van der Waals surface area contributed by atoms with Crippen LogP contribution in [0.5, 0.6) is 5.75 Å². The van der Waals surface area contributed by atoms with Crippen molar-refractivity contribution >= 4 is 22.9 Å². The molecule has 2 nitrogen and oxygen atoms in total. The van der Waals surface area contributed by atoms with Crippen LogP contribution in [0.2, 0.25) is 4.34 Å². The van der Waals surface area contributed by atoms with E-state index in [1.807, 2.05) is 25.1 Å². The molecule has 21 heavy (non-hydrogen) atoms. The van der Waals surface area contributed by atoms with Gasteiger partial charge in [0.1, 0.15) is 5.75 Å². The third kappa shape index (κ3) is 4.95. The Morgan fingerprint density at radius 3 is 2.67 bits per heavy atom. The predicted octanol–water partition coefficient (Wildman–Crippen LogP) is 4.90. The Hall–Kier alpha value is -1.17. The van der Waals surface area contributed by atoms with E-state index in [0.29, 0.717) is 0 Å². The third-order valence-electron chi connectivity index (χ3n) is 3.05. The highest BCUT2D eigenvalue weighted by atomic mass is 35.5. The number of benzene rings is 1. The highest BCUT2D eigenvalue weighted by Crippen LogP contribution is 2.26. The molecule has 114 valence electrons. The van der Waals surface area contributed by atoms with Crippen molar-refractivity contribution in [2.45, 2.75) is 26.0 Å². The highest BCUT2D eigenvalue weighted by Gasteiger charge is 2.14. The van der Waals surface area contributed by atoms with Crippen molar-refractivity contribution in [3.63, 3.8) is 0 Å². The average molecular weight is 332 g/mol. The Morgan fingerprint density at radius 1 is 1.24 bits per heavy atom. The lowest BCUT2D eigenvalue weighted by Gasteiger charge is -2.17. The molecular weight excluding hydrogens is 316 g/mol. The maximum atomic E-state index is 12.4. The van der Waals surface area contributed by atoms with Crippen LogP contribution in [0, 0.1) is 0 Å². The molecule has 0 amide bonds. The minimum atomic E-state index is -2.81. The summed E-state index contributed by atoms with van der Waals surface area (Å²) in [5.41, 5.74) is 0.724. The zero-order chi connectivity index (χ0) is 15.2. The molecule has 2 rings (SSSR count). The molecule has 0 saturated heterocycles. The summed E-state index contributed by atoms with van der Waals surface area (Å²) in [6.45, 7) is -0.151. The van der Waals surface area contributed by atoms with Crippen molar-refractivity contribution < 1.29 is 13.5 Å². The van der Waals surface area contributed by atoms with Gasteiger partial charge in [0.2, 0.25) is 0 Å². The van der Waals surface area contributed by atoms with Crippen LogP contribution in [-0.2, 0) is 6.42 Å². The number of para-hydroxylation sites is 1. The van der Waals surface area contributed by atoms with Crippen LogP contribution in [0.25, 0.3) is 0 Å². The summed E-state index contributed by atoms with van der Waals surface area (Å²) in [5, 5.41) is 3.31. The zero-order valence-electron chi connectivity index (χ0n) is 11.5. The van der Waals surface area contributed by atoms with Gasteiger partial charge in [0.05, 0.1) is 4.34 Å². The smallest absolute Gasteiger partial charge is 0.387 e. The molecule has 0 spiro atoms. The molecule has 2 aromatic rings. The second-order valence-corrected chi connectivity index (χ2v) is 6.35. The second-order valence-electron chi connectivity index (χ2n) is 4.55. The van der Waals surface area contributed by atoms with Crippen molar-refractivity contribution in [3.05, 3.63) is 51.2 Å². The number of hydrogen-bond acceptors (Lipinski definition) is 3. The van der Waals surface area contributed by atoms with Gasteiger partial charge in [-0.1, -0.05) is 29.8 Å². The second kappa shape index (κ2) is 7.73. The molecule has 1 unspecified atom stereocenters. The fraction of sp³-hybridized carbons (Fsp3) is 0.333. The maximum absolute atomic E-state index is 12.4. The summed E-state index contributed by atoms with van der Waals surface area (Å²) in [4.78, 5) is 1.19. The predicted molar refractivity (Wildman–Crippen MR) is 82.5 cm³/mol. The number of nitrogens with one attached hydrogen (secondary N) is 1. The van der Waals surface area contributed by atoms with E-state index < -0.39 is 6.61 Å². The van der Waals surface area contributed by atoms with Crippen molar-refractivity contribution in [2.75, 3.05) is 6.54 Å². The largest absolute Gasteiger partial charge is 0.434 e. The summed E-state index contributed by atoms with van der Waals surface area (Å²) in [5.74, 6) is 0.215. The summed E-state index contributed by atoms with van der Waals surface area (Å²) < 4.78 is 30.1. The van der Waals surface area contributed by atoms with Gasteiger partial charge in [-0.3, -0.25) is 0 Å². The number of thiophene rings is 1. The van der Waals surface area contributed by atoms with E-state index in [1.54, 1.807) is 29.5 Å². The fourth-order valence-corrected chi connectivity index (χ4v) is 3.14. The summed E-state index contributed by atoms with van der Waals surface area (Å²) in [6, 6.07) is 10.6.